The van der Waals surface area contributed by atoms with Gasteiger partial charge in [0.15, 0.2) is 5.13 Å². The Bertz CT molecular complexity index is 942. The number of alkyl halides is 3. The Labute approximate surface area is 151 Å². The first-order chi connectivity index (χ1) is 12.4. The maximum absolute atomic E-state index is 12.9. The van der Waals surface area contributed by atoms with Crippen LogP contribution < -0.4 is 4.90 Å². The van der Waals surface area contributed by atoms with E-state index >= 15 is 0 Å². The molecule has 1 aromatic heterocycles. The van der Waals surface area contributed by atoms with E-state index in [0.29, 0.717) is 35.0 Å². The number of nitrogens with zero attached hydrogens (tertiary/aromatic N) is 2. The molecule has 1 atom stereocenters. The summed E-state index contributed by atoms with van der Waals surface area (Å²) in [5.74, 6) is 0.169. The molecule has 0 spiro atoms. The maximum Gasteiger partial charge on any atom is 0.416 e. The second-order valence-electron chi connectivity index (χ2n) is 6.08. The first-order valence-electron chi connectivity index (χ1n) is 8.03. The molecule has 1 unspecified atom stereocenters. The minimum atomic E-state index is -4.38. The van der Waals surface area contributed by atoms with Gasteiger partial charge in [0.05, 0.1) is 28.9 Å². The highest BCUT2D eigenvalue weighted by molar-refractivity contribution is 7.22. The first-order valence-corrected chi connectivity index (χ1v) is 8.85. The molecule has 0 saturated carbocycles. The summed E-state index contributed by atoms with van der Waals surface area (Å²) in [6.45, 7) is 1.61. The van der Waals surface area contributed by atoms with Crippen molar-refractivity contribution in [3.05, 3.63) is 53.6 Å². The van der Waals surface area contributed by atoms with Gasteiger partial charge in [-0.1, -0.05) is 23.5 Å². The largest absolute Gasteiger partial charge is 0.508 e. The Morgan fingerprint density at radius 2 is 2.04 bits per heavy atom. The fourth-order valence-corrected chi connectivity index (χ4v) is 3.96. The molecule has 0 radical (unpaired) electrons. The van der Waals surface area contributed by atoms with Crippen molar-refractivity contribution in [2.24, 2.45) is 0 Å². The molecule has 0 amide bonds. The molecule has 0 bridgehead atoms. The number of phenols is 1. The molecule has 2 heterocycles. The van der Waals surface area contributed by atoms with Gasteiger partial charge in [-0.05, 0) is 35.9 Å². The van der Waals surface area contributed by atoms with Crippen LogP contribution in [0.4, 0.5) is 18.3 Å². The zero-order valence-electron chi connectivity index (χ0n) is 13.5. The van der Waals surface area contributed by atoms with Crippen molar-refractivity contribution >= 4 is 26.7 Å². The number of ether oxygens (including phenoxy) is 1. The third-order valence-electron chi connectivity index (χ3n) is 4.28. The maximum atomic E-state index is 12.9. The number of rotatable bonds is 2. The second-order valence-corrected chi connectivity index (χ2v) is 7.09. The molecule has 4 nitrogen and oxygen atoms in total. The van der Waals surface area contributed by atoms with E-state index in [4.69, 9.17) is 4.74 Å². The standard InChI is InChI=1S/C18H15F3N2O2S/c19-18(20,21)12-4-5-16-14(9-12)22-17(26-16)23-6-7-25-15(10-23)11-2-1-3-13(24)8-11/h1-5,8-9,15,24H,6-7,10H2. The minimum absolute atomic E-state index is 0.169. The van der Waals surface area contributed by atoms with Crippen LogP contribution in [0.1, 0.15) is 17.2 Å². The van der Waals surface area contributed by atoms with E-state index in [9.17, 15) is 18.3 Å². The molecule has 3 aromatic rings. The van der Waals surface area contributed by atoms with Gasteiger partial charge >= 0.3 is 6.18 Å². The van der Waals surface area contributed by atoms with Crippen LogP contribution in [0, 0.1) is 0 Å². The van der Waals surface area contributed by atoms with Crippen LogP contribution in [0.15, 0.2) is 42.5 Å². The van der Waals surface area contributed by atoms with Gasteiger partial charge in [0, 0.05) is 6.54 Å². The highest BCUT2D eigenvalue weighted by atomic mass is 32.1. The third kappa shape index (κ3) is 3.34. The van der Waals surface area contributed by atoms with Gasteiger partial charge in [-0.3, -0.25) is 0 Å². The van der Waals surface area contributed by atoms with Crippen molar-refractivity contribution < 1.29 is 23.0 Å². The summed E-state index contributed by atoms with van der Waals surface area (Å²) in [4.78, 5) is 6.41. The zero-order chi connectivity index (χ0) is 18.3. The van der Waals surface area contributed by atoms with Crippen LogP contribution >= 0.6 is 11.3 Å². The predicted octanol–water partition coefficient (Wildman–Crippen LogP) is 4.60. The fourth-order valence-electron chi connectivity index (χ4n) is 2.98. The summed E-state index contributed by atoms with van der Waals surface area (Å²) in [6, 6.07) is 10.5. The summed E-state index contributed by atoms with van der Waals surface area (Å²) < 4.78 is 45.1. The Morgan fingerprint density at radius 1 is 1.19 bits per heavy atom. The number of hydrogen-bond donors (Lipinski definition) is 1. The molecule has 1 N–H and O–H groups in total. The van der Waals surface area contributed by atoms with E-state index < -0.39 is 11.7 Å². The van der Waals surface area contributed by atoms with E-state index in [-0.39, 0.29) is 11.9 Å². The number of thiazole rings is 1. The summed E-state index contributed by atoms with van der Waals surface area (Å²) in [7, 11) is 0. The van der Waals surface area contributed by atoms with Crippen molar-refractivity contribution in [2.75, 3.05) is 24.6 Å². The molecule has 4 rings (SSSR count). The molecule has 0 aliphatic carbocycles. The lowest BCUT2D eigenvalue weighted by atomic mass is 10.1. The average molecular weight is 380 g/mol. The van der Waals surface area contributed by atoms with Crippen LogP contribution in [0.2, 0.25) is 0 Å². The summed E-state index contributed by atoms with van der Waals surface area (Å²) >= 11 is 1.37. The van der Waals surface area contributed by atoms with E-state index in [1.807, 2.05) is 11.0 Å². The normalized spacial score (nSPS) is 18.4. The van der Waals surface area contributed by atoms with E-state index in [1.54, 1.807) is 18.2 Å². The molecule has 136 valence electrons. The third-order valence-corrected chi connectivity index (χ3v) is 5.38. The smallest absolute Gasteiger partial charge is 0.416 e. The number of hydrogen-bond acceptors (Lipinski definition) is 5. The molecule has 1 saturated heterocycles. The number of halogens is 3. The lowest BCUT2D eigenvalue weighted by Crippen LogP contribution is -2.38. The van der Waals surface area contributed by atoms with Crippen LogP contribution in [0.5, 0.6) is 5.75 Å². The predicted molar refractivity (Wildman–Crippen MR) is 93.6 cm³/mol. The molecule has 8 heteroatoms. The lowest BCUT2D eigenvalue weighted by Gasteiger charge is -2.33. The van der Waals surface area contributed by atoms with Crippen LogP contribution in [0.3, 0.4) is 0 Å². The van der Waals surface area contributed by atoms with Gasteiger partial charge in [-0.2, -0.15) is 13.2 Å². The van der Waals surface area contributed by atoms with Gasteiger partial charge in [-0.25, -0.2) is 4.98 Å². The SMILES string of the molecule is Oc1cccc(C2CN(c3nc4cc(C(F)(F)F)ccc4s3)CCO2)c1. The molecule has 1 aliphatic heterocycles. The van der Waals surface area contributed by atoms with Crippen LogP contribution in [-0.2, 0) is 10.9 Å². The number of aromatic hydroxyl groups is 1. The quantitative estimate of drug-likeness (QED) is 0.706. The zero-order valence-corrected chi connectivity index (χ0v) is 14.3. The molecular weight excluding hydrogens is 365 g/mol. The Hall–Kier alpha value is -2.32. The van der Waals surface area contributed by atoms with Gasteiger partial charge in [0.2, 0.25) is 0 Å². The Morgan fingerprint density at radius 3 is 2.81 bits per heavy atom. The number of phenolic OH excluding ortho intramolecular Hbond substituents is 1. The van der Waals surface area contributed by atoms with Crippen molar-refractivity contribution in [1.82, 2.24) is 4.98 Å². The summed E-state index contributed by atoms with van der Waals surface area (Å²) in [5, 5.41) is 10.3. The minimum Gasteiger partial charge on any atom is -0.508 e. The lowest BCUT2D eigenvalue weighted by molar-refractivity contribution is -0.137. The number of aromatic nitrogens is 1. The number of fused-ring (bicyclic) bond motifs is 1. The van der Waals surface area contributed by atoms with Crippen molar-refractivity contribution in [3.8, 4) is 5.75 Å². The highest BCUT2D eigenvalue weighted by Crippen LogP contribution is 2.36. The van der Waals surface area contributed by atoms with Gasteiger partial charge in [-0.15, -0.1) is 0 Å². The number of benzene rings is 2. The molecule has 1 fully saturated rings. The average Bonchev–Trinajstić information content (AvgIpc) is 3.04. The van der Waals surface area contributed by atoms with Crippen LogP contribution in [0.25, 0.3) is 10.2 Å². The van der Waals surface area contributed by atoms with Gasteiger partial charge in [0.25, 0.3) is 0 Å². The molecule has 2 aromatic carbocycles. The topological polar surface area (TPSA) is 45.6 Å². The van der Waals surface area contributed by atoms with E-state index in [0.717, 1.165) is 17.7 Å². The monoisotopic (exact) mass is 380 g/mol. The van der Waals surface area contributed by atoms with E-state index in [1.165, 1.54) is 17.4 Å². The van der Waals surface area contributed by atoms with E-state index in [2.05, 4.69) is 4.98 Å². The van der Waals surface area contributed by atoms with Crippen molar-refractivity contribution in [3.63, 3.8) is 0 Å². The molecule has 26 heavy (non-hydrogen) atoms. The second kappa shape index (κ2) is 6.44. The molecular formula is C18H15F3N2O2S. The van der Waals surface area contributed by atoms with Crippen molar-refractivity contribution in [2.45, 2.75) is 12.3 Å². The summed E-state index contributed by atoms with van der Waals surface area (Å²) in [6.07, 6.45) is -4.61. The van der Waals surface area contributed by atoms with Gasteiger partial charge < -0.3 is 14.7 Å². The number of anilines is 1. The summed E-state index contributed by atoms with van der Waals surface area (Å²) in [5.41, 5.74) is 0.511. The Balaban J connectivity index is 1.60. The van der Waals surface area contributed by atoms with Crippen molar-refractivity contribution in [1.29, 1.82) is 0 Å². The number of morpholine rings is 1. The Kier molecular flexibility index (Phi) is 4.24. The first kappa shape index (κ1) is 17.1. The van der Waals surface area contributed by atoms with Crippen LogP contribution in [-0.4, -0.2) is 29.8 Å². The highest BCUT2D eigenvalue weighted by Gasteiger charge is 2.31. The fraction of sp³-hybridized carbons (Fsp3) is 0.278. The van der Waals surface area contributed by atoms with Gasteiger partial charge in [0.1, 0.15) is 11.9 Å². The molecule has 1 aliphatic rings.